The van der Waals surface area contributed by atoms with Crippen LogP contribution in [-0.4, -0.2) is 23.2 Å². The molecule has 20 heavy (non-hydrogen) atoms. The van der Waals surface area contributed by atoms with E-state index in [0.717, 1.165) is 32.1 Å². The minimum atomic E-state index is -0.746. The number of aryl methyl sites for hydroxylation is 2. The van der Waals surface area contributed by atoms with Crippen LogP contribution >= 0.6 is 0 Å². The first kappa shape index (κ1) is 15.0. The van der Waals surface area contributed by atoms with Gasteiger partial charge in [0.1, 0.15) is 0 Å². The SMILES string of the molecule is Cc1ccc(CCNC(=O)CC2(O)CCCC2)c(C)c1. The molecule has 0 heterocycles. The Morgan fingerprint density at radius 1 is 1.30 bits per heavy atom. The van der Waals surface area contributed by atoms with Crippen molar-refractivity contribution in [3.63, 3.8) is 0 Å². The van der Waals surface area contributed by atoms with Gasteiger partial charge in [0.2, 0.25) is 5.91 Å². The molecule has 1 aromatic carbocycles. The quantitative estimate of drug-likeness (QED) is 0.868. The van der Waals surface area contributed by atoms with Crippen LogP contribution in [0.15, 0.2) is 18.2 Å². The highest BCUT2D eigenvalue weighted by molar-refractivity contribution is 5.77. The van der Waals surface area contributed by atoms with Crippen molar-refractivity contribution in [3.8, 4) is 0 Å². The van der Waals surface area contributed by atoms with Crippen LogP contribution in [0.4, 0.5) is 0 Å². The Morgan fingerprint density at radius 2 is 2.00 bits per heavy atom. The molecule has 1 fully saturated rings. The van der Waals surface area contributed by atoms with Crippen LogP contribution in [0.5, 0.6) is 0 Å². The van der Waals surface area contributed by atoms with Crippen LogP contribution in [0.2, 0.25) is 0 Å². The van der Waals surface area contributed by atoms with Crippen molar-refractivity contribution in [1.82, 2.24) is 5.32 Å². The van der Waals surface area contributed by atoms with E-state index in [-0.39, 0.29) is 12.3 Å². The summed E-state index contributed by atoms with van der Waals surface area (Å²) in [5.41, 5.74) is 3.06. The van der Waals surface area contributed by atoms with E-state index in [2.05, 4.69) is 37.4 Å². The van der Waals surface area contributed by atoms with Crippen LogP contribution in [0.1, 0.15) is 48.8 Å². The fourth-order valence-electron chi connectivity index (χ4n) is 3.03. The third-order valence-corrected chi connectivity index (χ3v) is 4.24. The van der Waals surface area contributed by atoms with Crippen LogP contribution in [0.25, 0.3) is 0 Å². The van der Waals surface area contributed by atoms with Gasteiger partial charge in [0, 0.05) is 6.54 Å². The molecular formula is C17H25NO2. The summed E-state index contributed by atoms with van der Waals surface area (Å²) in [6, 6.07) is 6.39. The number of rotatable bonds is 5. The zero-order valence-corrected chi connectivity index (χ0v) is 12.5. The maximum Gasteiger partial charge on any atom is 0.222 e. The summed E-state index contributed by atoms with van der Waals surface area (Å²) in [4.78, 5) is 11.9. The second kappa shape index (κ2) is 6.40. The number of carbonyl (C=O) groups excluding carboxylic acids is 1. The molecule has 0 saturated heterocycles. The second-order valence-electron chi connectivity index (χ2n) is 6.14. The Balaban J connectivity index is 1.76. The van der Waals surface area contributed by atoms with Gasteiger partial charge in [-0.15, -0.1) is 0 Å². The number of hydrogen-bond donors (Lipinski definition) is 2. The summed E-state index contributed by atoms with van der Waals surface area (Å²) in [6.07, 6.45) is 4.68. The van der Waals surface area contributed by atoms with E-state index < -0.39 is 5.60 Å². The van der Waals surface area contributed by atoms with Crippen LogP contribution in [0.3, 0.4) is 0 Å². The van der Waals surface area contributed by atoms with Gasteiger partial charge in [-0.2, -0.15) is 0 Å². The van der Waals surface area contributed by atoms with Gasteiger partial charge in [0.25, 0.3) is 0 Å². The maximum absolute atomic E-state index is 11.9. The predicted molar refractivity (Wildman–Crippen MR) is 80.7 cm³/mol. The monoisotopic (exact) mass is 275 g/mol. The summed E-state index contributed by atoms with van der Waals surface area (Å²) in [7, 11) is 0. The third-order valence-electron chi connectivity index (χ3n) is 4.24. The molecule has 0 aromatic heterocycles. The topological polar surface area (TPSA) is 49.3 Å². The van der Waals surface area contributed by atoms with Crippen LogP contribution in [-0.2, 0) is 11.2 Å². The van der Waals surface area contributed by atoms with Gasteiger partial charge in [-0.3, -0.25) is 4.79 Å². The molecular weight excluding hydrogens is 250 g/mol. The van der Waals surface area contributed by atoms with Crippen LogP contribution in [0, 0.1) is 13.8 Å². The fourth-order valence-corrected chi connectivity index (χ4v) is 3.03. The van der Waals surface area contributed by atoms with Crippen molar-refractivity contribution in [1.29, 1.82) is 0 Å². The lowest BCUT2D eigenvalue weighted by Gasteiger charge is -2.21. The van der Waals surface area contributed by atoms with Gasteiger partial charge < -0.3 is 10.4 Å². The average molecular weight is 275 g/mol. The van der Waals surface area contributed by atoms with Crippen molar-refractivity contribution >= 4 is 5.91 Å². The molecule has 0 bridgehead atoms. The Labute approximate surface area is 121 Å². The van der Waals surface area contributed by atoms with E-state index in [9.17, 15) is 9.90 Å². The first-order chi connectivity index (χ1) is 9.48. The Kier molecular flexibility index (Phi) is 4.81. The van der Waals surface area contributed by atoms with E-state index in [1.165, 1.54) is 16.7 Å². The molecule has 2 rings (SSSR count). The highest BCUT2D eigenvalue weighted by atomic mass is 16.3. The highest BCUT2D eigenvalue weighted by Gasteiger charge is 2.33. The molecule has 1 saturated carbocycles. The summed E-state index contributed by atoms with van der Waals surface area (Å²) < 4.78 is 0. The number of aliphatic hydroxyl groups is 1. The number of amides is 1. The molecule has 1 aliphatic rings. The lowest BCUT2D eigenvalue weighted by Crippen LogP contribution is -2.35. The molecule has 2 N–H and O–H groups in total. The van der Waals surface area contributed by atoms with Crippen LogP contribution < -0.4 is 5.32 Å². The highest BCUT2D eigenvalue weighted by Crippen LogP contribution is 2.32. The number of carbonyl (C=O) groups is 1. The minimum absolute atomic E-state index is 0.0286. The first-order valence-corrected chi connectivity index (χ1v) is 7.54. The van der Waals surface area contributed by atoms with Gasteiger partial charge in [-0.1, -0.05) is 36.6 Å². The van der Waals surface area contributed by atoms with Gasteiger partial charge >= 0.3 is 0 Å². The van der Waals surface area contributed by atoms with E-state index in [1.807, 2.05) is 0 Å². The molecule has 0 radical (unpaired) electrons. The maximum atomic E-state index is 11.9. The molecule has 1 aromatic rings. The Hall–Kier alpha value is -1.35. The smallest absolute Gasteiger partial charge is 0.222 e. The molecule has 1 amide bonds. The molecule has 0 spiro atoms. The van der Waals surface area contributed by atoms with Gasteiger partial charge in [0.05, 0.1) is 12.0 Å². The van der Waals surface area contributed by atoms with Gasteiger partial charge in [0.15, 0.2) is 0 Å². The van der Waals surface area contributed by atoms with Crippen molar-refractivity contribution in [2.75, 3.05) is 6.54 Å². The first-order valence-electron chi connectivity index (χ1n) is 7.54. The molecule has 110 valence electrons. The lowest BCUT2D eigenvalue weighted by atomic mass is 9.97. The Bertz CT molecular complexity index is 476. The van der Waals surface area contributed by atoms with Crippen molar-refractivity contribution in [2.45, 2.75) is 58.0 Å². The normalized spacial score (nSPS) is 17.1. The number of benzene rings is 1. The summed E-state index contributed by atoms with van der Waals surface area (Å²) in [6.45, 7) is 4.82. The van der Waals surface area contributed by atoms with Crippen molar-refractivity contribution in [3.05, 3.63) is 34.9 Å². The molecule has 3 heteroatoms. The largest absolute Gasteiger partial charge is 0.389 e. The lowest BCUT2D eigenvalue weighted by molar-refractivity contribution is -0.125. The minimum Gasteiger partial charge on any atom is -0.389 e. The average Bonchev–Trinajstić information content (AvgIpc) is 2.78. The fraction of sp³-hybridized carbons (Fsp3) is 0.588. The standard InChI is InChI=1S/C17H25NO2/c1-13-5-6-15(14(2)11-13)7-10-18-16(19)12-17(20)8-3-4-9-17/h5-6,11,20H,3-4,7-10,12H2,1-2H3,(H,18,19). The summed E-state index contributed by atoms with van der Waals surface area (Å²) >= 11 is 0. The Morgan fingerprint density at radius 3 is 2.65 bits per heavy atom. The van der Waals surface area contributed by atoms with Crippen molar-refractivity contribution < 1.29 is 9.90 Å². The zero-order chi connectivity index (χ0) is 14.6. The number of hydrogen-bond acceptors (Lipinski definition) is 2. The molecule has 1 aliphatic carbocycles. The van der Waals surface area contributed by atoms with E-state index in [1.54, 1.807) is 0 Å². The third kappa shape index (κ3) is 4.07. The molecule has 0 aliphatic heterocycles. The summed E-state index contributed by atoms with van der Waals surface area (Å²) in [5, 5.41) is 13.1. The predicted octanol–water partition coefficient (Wildman–Crippen LogP) is 2.66. The molecule has 0 unspecified atom stereocenters. The second-order valence-corrected chi connectivity index (χ2v) is 6.14. The van der Waals surface area contributed by atoms with Crippen molar-refractivity contribution in [2.24, 2.45) is 0 Å². The van der Waals surface area contributed by atoms with E-state index in [4.69, 9.17) is 0 Å². The van der Waals surface area contributed by atoms with E-state index in [0.29, 0.717) is 6.54 Å². The van der Waals surface area contributed by atoms with Gasteiger partial charge in [-0.25, -0.2) is 0 Å². The molecule has 3 nitrogen and oxygen atoms in total. The van der Waals surface area contributed by atoms with E-state index >= 15 is 0 Å². The summed E-state index contributed by atoms with van der Waals surface area (Å²) in [5.74, 6) is -0.0286. The number of nitrogens with one attached hydrogen (secondary N) is 1. The zero-order valence-electron chi connectivity index (χ0n) is 12.5. The van der Waals surface area contributed by atoms with Gasteiger partial charge in [-0.05, 0) is 44.2 Å². The molecule has 0 atom stereocenters.